The molecule has 0 aliphatic heterocycles. The van der Waals surface area contributed by atoms with Gasteiger partial charge in [0.25, 0.3) is 0 Å². The number of imidazole rings is 2. The van der Waals surface area contributed by atoms with E-state index < -0.39 is 0 Å². The van der Waals surface area contributed by atoms with Gasteiger partial charge in [0.05, 0.1) is 6.20 Å². The molecule has 0 radical (unpaired) electrons. The maximum atomic E-state index is 9.06. The molecule has 0 aromatic carbocycles. The summed E-state index contributed by atoms with van der Waals surface area (Å²) in [6.45, 7) is 0. The first-order valence-electron chi connectivity index (χ1n) is 3.49. The van der Waals surface area contributed by atoms with Crippen LogP contribution in [0.2, 0.25) is 0 Å². The standard InChI is InChI=1S/C7H8N4O/c1-11-4-5(12)10-7(11)6-8-2-3-9-6/h2-4,12H,1H3,(H,8,9). The fourth-order valence-electron chi connectivity index (χ4n) is 1.06. The maximum Gasteiger partial charge on any atom is 0.229 e. The summed E-state index contributed by atoms with van der Waals surface area (Å²) >= 11 is 0. The number of aromatic hydroxyl groups is 1. The number of aromatic amines is 1. The molecule has 0 aliphatic carbocycles. The SMILES string of the molecule is Cn1cc(O)nc1-c1ncc[nH]1. The highest BCUT2D eigenvalue weighted by Crippen LogP contribution is 2.15. The van der Waals surface area contributed by atoms with Gasteiger partial charge in [-0.1, -0.05) is 0 Å². The van der Waals surface area contributed by atoms with Crippen LogP contribution in [0.3, 0.4) is 0 Å². The van der Waals surface area contributed by atoms with Crippen LogP contribution in [0, 0.1) is 0 Å². The van der Waals surface area contributed by atoms with Crippen LogP contribution in [0.25, 0.3) is 11.6 Å². The molecule has 2 aromatic rings. The minimum Gasteiger partial charge on any atom is -0.492 e. The van der Waals surface area contributed by atoms with E-state index in [1.807, 2.05) is 0 Å². The molecule has 0 saturated heterocycles. The van der Waals surface area contributed by atoms with E-state index in [4.69, 9.17) is 5.11 Å². The zero-order valence-electron chi connectivity index (χ0n) is 6.52. The van der Waals surface area contributed by atoms with Crippen molar-refractivity contribution in [2.75, 3.05) is 0 Å². The third-order valence-corrected chi connectivity index (χ3v) is 1.57. The molecule has 5 heteroatoms. The van der Waals surface area contributed by atoms with Crippen LogP contribution in [0.1, 0.15) is 0 Å². The predicted molar refractivity (Wildman–Crippen MR) is 42.5 cm³/mol. The summed E-state index contributed by atoms with van der Waals surface area (Å²) in [5, 5.41) is 9.06. The molecule has 2 aromatic heterocycles. The van der Waals surface area contributed by atoms with Crippen molar-refractivity contribution in [1.29, 1.82) is 0 Å². The lowest BCUT2D eigenvalue weighted by atomic mass is 10.6. The first-order chi connectivity index (χ1) is 5.77. The van der Waals surface area contributed by atoms with E-state index in [1.54, 1.807) is 24.0 Å². The Kier molecular flexibility index (Phi) is 1.36. The van der Waals surface area contributed by atoms with Gasteiger partial charge in [-0.15, -0.1) is 0 Å². The quantitative estimate of drug-likeness (QED) is 0.645. The highest BCUT2D eigenvalue weighted by atomic mass is 16.3. The maximum absolute atomic E-state index is 9.06. The molecule has 0 spiro atoms. The van der Waals surface area contributed by atoms with Gasteiger partial charge in [-0.25, -0.2) is 4.98 Å². The Labute approximate surface area is 68.7 Å². The Morgan fingerprint density at radius 2 is 2.42 bits per heavy atom. The smallest absolute Gasteiger partial charge is 0.229 e. The van der Waals surface area contributed by atoms with E-state index in [-0.39, 0.29) is 5.88 Å². The fourth-order valence-corrected chi connectivity index (χ4v) is 1.06. The normalized spacial score (nSPS) is 10.4. The zero-order chi connectivity index (χ0) is 8.55. The van der Waals surface area contributed by atoms with Crippen molar-refractivity contribution in [2.24, 2.45) is 7.05 Å². The summed E-state index contributed by atoms with van der Waals surface area (Å²) < 4.78 is 1.70. The van der Waals surface area contributed by atoms with Gasteiger partial charge in [-0.3, -0.25) is 0 Å². The van der Waals surface area contributed by atoms with Crippen LogP contribution in [-0.2, 0) is 7.05 Å². The topological polar surface area (TPSA) is 66.7 Å². The highest BCUT2D eigenvalue weighted by molar-refractivity contribution is 5.44. The molecule has 0 saturated carbocycles. The molecule has 0 fully saturated rings. The molecule has 12 heavy (non-hydrogen) atoms. The molecule has 0 bridgehead atoms. The van der Waals surface area contributed by atoms with Gasteiger partial charge >= 0.3 is 0 Å². The molecule has 2 N–H and O–H groups in total. The molecule has 0 aliphatic rings. The van der Waals surface area contributed by atoms with Gasteiger partial charge in [0.15, 0.2) is 11.6 Å². The van der Waals surface area contributed by atoms with Crippen LogP contribution in [0.5, 0.6) is 5.88 Å². The summed E-state index contributed by atoms with van der Waals surface area (Å²) in [7, 11) is 1.80. The minimum absolute atomic E-state index is 0.00361. The molecule has 0 amide bonds. The third-order valence-electron chi connectivity index (χ3n) is 1.57. The van der Waals surface area contributed by atoms with E-state index >= 15 is 0 Å². The van der Waals surface area contributed by atoms with Crippen LogP contribution < -0.4 is 0 Å². The zero-order valence-corrected chi connectivity index (χ0v) is 6.52. The van der Waals surface area contributed by atoms with Crippen molar-refractivity contribution in [3.05, 3.63) is 18.6 Å². The Morgan fingerprint density at radius 1 is 1.58 bits per heavy atom. The lowest BCUT2D eigenvalue weighted by molar-refractivity contribution is 0.456. The van der Waals surface area contributed by atoms with Crippen LogP contribution in [0.4, 0.5) is 0 Å². The molecule has 2 heterocycles. The van der Waals surface area contributed by atoms with Gasteiger partial charge in [-0.2, -0.15) is 4.98 Å². The Balaban J connectivity index is 2.54. The molecule has 62 valence electrons. The van der Waals surface area contributed by atoms with Crippen molar-refractivity contribution >= 4 is 0 Å². The highest BCUT2D eigenvalue weighted by Gasteiger charge is 2.07. The Hall–Kier alpha value is -1.78. The number of aromatic nitrogens is 4. The number of nitrogens with one attached hydrogen (secondary N) is 1. The molecule has 5 nitrogen and oxygen atoms in total. The Bertz CT molecular complexity index is 376. The molecule has 2 rings (SSSR count). The van der Waals surface area contributed by atoms with E-state index in [1.165, 1.54) is 6.20 Å². The van der Waals surface area contributed by atoms with Gasteiger partial charge < -0.3 is 14.7 Å². The Morgan fingerprint density at radius 3 is 2.92 bits per heavy atom. The van der Waals surface area contributed by atoms with Crippen molar-refractivity contribution in [1.82, 2.24) is 19.5 Å². The summed E-state index contributed by atoms with van der Waals surface area (Å²) in [4.78, 5) is 10.8. The van der Waals surface area contributed by atoms with E-state index in [9.17, 15) is 0 Å². The number of aryl methyl sites for hydroxylation is 1. The van der Waals surface area contributed by atoms with Crippen molar-refractivity contribution in [3.8, 4) is 17.5 Å². The lowest BCUT2D eigenvalue weighted by Crippen LogP contribution is -1.92. The average Bonchev–Trinajstić information content (AvgIpc) is 2.58. The van der Waals surface area contributed by atoms with Crippen LogP contribution in [-0.4, -0.2) is 24.6 Å². The number of rotatable bonds is 1. The number of nitrogens with zero attached hydrogens (tertiary/aromatic N) is 3. The van der Waals surface area contributed by atoms with Crippen LogP contribution in [0.15, 0.2) is 18.6 Å². The molecule has 0 unspecified atom stereocenters. The van der Waals surface area contributed by atoms with Crippen molar-refractivity contribution in [2.45, 2.75) is 0 Å². The van der Waals surface area contributed by atoms with Gasteiger partial charge in [0, 0.05) is 19.4 Å². The average molecular weight is 164 g/mol. The number of hydrogen-bond donors (Lipinski definition) is 2. The van der Waals surface area contributed by atoms with Gasteiger partial charge in [0.2, 0.25) is 5.88 Å². The molecule has 0 atom stereocenters. The fraction of sp³-hybridized carbons (Fsp3) is 0.143. The second-order valence-electron chi connectivity index (χ2n) is 2.47. The predicted octanol–water partition coefficient (Wildman–Crippen LogP) is 0.516. The minimum atomic E-state index is 0.00361. The van der Waals surface area contributed by atoms with Crippen LogP contribution >= 0.6 is 0 Å². The molecular weight excluding hydrogens is 156 g/mol. The van der Waals surface area contributed by atoms with Crippen molar-refractivity contribution in [3.63, 3.8) is 0 Å². The van der Waals surface area contributed by atoms with Gasteiger partial charge in [0.1, 0.15) is 0 Å². The van der Waals surface area contributed by atoms with E-state index in [0.717, 1.165) is 0 Å². The first-order valence-corrected chi connectivity index (χ1v) is 3.49. The number of H-pyrrole nitrogens is 1. The van der Waals surface area contributed by atoms with Gasteiger partial charge in [-0.05, 0) is 0 Å². The summed E-state index contributed by atoms with van der Waals surface area (Å²) in [5.74, 6) is 1.28. The van der Waals surface area contributed by atoms with Crippen molar-refractivity contribution < 1.29 is 5.11 Å². The summed E-state index contributed by atoms with van der Waals surface area (Å²) in [6.07, 6.45) is 4.87. The second kappa shape index (κ2) is 2.37. The number of hydrogen-bond acceptors (Lipinski definition) is 3. The largest absolute Gasteiger partial charge is 0.492 e. The summed E-state index contributed by atoms with van der Waals surface area (Å²) in [5.41, 5.74) is 0. The van der Waals surface area contributed by atoms with E-state index in [0.29, 0.717) is 11.6 Å². The first kappa shape index (κ1) is 6.90. The lowest BCUT2D eigenvalue weighted by Gasteiger charge is -1.94. The monoisotopic (exact) mass is 164 g/mol. The molecular formula is C7H8N4O. The summed E-state index contributed by atoms with van der Waals surface area (Å²) in [6, 6.07) is 0. The second-order valence-corrected chi connectivity index (χ2v) is 2.47. The van der Waals surface area contributed by atoms with E-state index in [2.05, 4.69) is 15.0 Å². The third kappa shape index (κ3) is 0.952.